The Morgan fingerprint density at radius 1 is 1.29 bits per heavy atom. The zero-order valence-corrected chi connectivity index (χ0v) is 11.5. The number of hydrogen-bond acceptors (Lipinski definition) is 3. The fourth-order valence-electron chi connectivity index (χ4n) is 2.58. The second kappa shape index (κ2) is 5.33. The van der Waals surface area contributed by atoms with Crippen molar-refractivity contribution in [2.45, 2.75) is 12.5 Å². The molecule has 2 N–H and O–H groups in total. The first-order valence-corrected chi connectivity index (χ1v) is 6.65. The Hall–Kier alpha value is -2.14. The van der Waals surface area contributed by atoms with E-state index in [0.717, 1.165) is 5.56 Å². The van der Waals surface area contributed by atoms with Crippen molar-refractivity contribution in [3.63, 3.8) is 0 Å². The molecule has 110 valence electrons. The third-order valence-corrected chi connectivity index (χ3v) is 3.59. The minimum Gasteiger partial charge on any atom is -0.496 e. The zero-order chi connectivity index (χ0) is 15.0. The van der Waals surface area contributed by atoms with Gasteiger partial charge in [0.05, 0.1) is 7.11 Å². The Bertz CT molecular complexity index is 688. The van der Waals surface area contributed by atoms with E-state index in [4.69, 9.17) is 15.2 Å². The Morgan fingerprint density at radius 2 is 2.10 bits per heavy atom. The molecular weight excluding hydrogens is 276 g/mol. The summed E-state index contributed by atoms with van der Waals surface area (Å²) in [5.41, 5.74) is 7.37. The molecule has 1 unspecified atom stereocenters. The van der Waals surface area contributed by atoms with Crippen LogP contribution in [-0.2, 0) is 6.42 Å². The molecule has 0 spiro atoms. The predicted octanol–water partition coefficient (Wildman–Crippen LogP) is 2.90. The summed E-state index contributed by atoms with van der Waals surface area (Å²) in [6.07, 6.45) is 0.341. The number of halogens is 2. The monoisotopic (exact) mass is 291 g/mol. The summed E-state index contributed by atoms with van der Waals surface area (Å²) in [5.74, 6) is -0.137. The van der Waals surface area contributed by atoms with E-state index in [2.05, 4.69) is 0 Å². The number of methoxy groups -OCH3 is 1. The molecule has 1 aliphatic heterocycles. The Balaban J connectivity index is 2.10. The van der Waals surface area contributed by atoms with Gasteiger partial charge in [0.2, 0.25) is 0 Å². The molecule has 0 aromatic heterocycles. The van der Waals surface area contributed by atoms with E-state index < -0.39 is 11.6 Å². The molecule has 0 amide bonds. The molecule has 1 atom stereocenters. The summed E-state index contributed by atoms with van der Waals surface area (Å²) >= 11 is 0. The van der Waals surface area contributed by atoms with E-state index in [9.17, 15) is 8.78 Å². The van der Waals surface area contributed by atoms with Crippen LogP contribution < -0.4 is 15.2 Å². The van der Waals surface area contributed by atoms with Crippen molar-refractivity contribution < 1.29 is 18.3 Å². The first kappa shape index (κ1) is 13.8. The van der Waals surface area contributed by atoms with Crippen LogP contribution in [0.3, 0.4) is 0 Å². The van der Waals surface area contributed by atoms with Crippen molar-refractivity contribution in [1.82, 2.24) is 0 Å². The largest absolute Gasteiger partial charge is 0.496 e. The van der Waals surface area contributed by atoms with Gasteiger partial charge in [0.15, 0.2) is 11.6 Å². The van der Waals surface area contributed by atoms with Gasteiger partial charge in [-0.3, -0.25) is 0 Å². The van der Waals surface area contributed by atoms with Gasteiger partial charge in [0.1, 0.15) is 17.7 Å². The summed E-state index contributed by atoms with van der Waals surface area (Å²) in [4.78, 5) is 0. The van der Waals surface area contributed by atoms with Gasteiger partial charge < -0.3 is 15.2 Å². The lowest BCUT2D eigenvalue weighted by Crippen LogP contribution is -2.24. The molecule has 0 fully saturated rings. The van der Waals surface area contributed by atoms with E-state index in [-0.39, 0.29) is 11.9 Å². The first-order valence-electron chi connectivity index (χ1n) is 6.65. The molecule has 3 nitrogen and oxygen atoms in total. The molecule has 1 heterocycles. The maximum Gasteiger partial charge on any atom is 0.165 e. The van der Waals surface area contributed by atoms with Crippen LogP contribution in [-0.4, -0.2) is 19.8 Å². The average molecular weight is 291 g/mol. The number of nitrogens with two attached hydrogens (primary N) is 1. The molecule has 0 aliphatic carbocycles. The van der Waals surface area contributed by atoms with Crippen molar-refractivity contribution in [2.75, 3.05) is 13.7 Å². The highest BCUT2D eigenvalue weighted by atomic mass is 19.1. The summed E-state index contributed by atoms with van der Waals surface area (Å²) in [5, 5.41) is 0. The number of rotatable bonds is 3. The lowest BCUT2D eigenvalue weighted by Gasteiger charge is -2.11. The first-order chi connectivity index (χ1) is 10.1. The SMILES string of the molecule is COc1ccc(F)cc1-c1cc(F)c2c(c1)CC(CN)O2. The number of hydrogen-bond donors (Lipinski definition) is 1. The van der Waals surface area contributed by atoms with Gasteiger partial charge in [0.25, 0.3) is 0 Å². The van der Waals surface area contributed by atoms with Crippen molar-refractivity contribution in [2.24, 2.45) is 5.73 Å². The minimum absolute atomic E-state index is 0.209. The van der Waals surface area contributed by atoms with Crippen LogP contribution in [0.4, 0.5) is 8.78 Å². The van der Waals surface area contributed by atoms with Gasteiger partial charge in [-0.25, -0.2) is 8.78 Å². The lowest BCUT2D eigenvalue weighted by molar-refractivity contribution is 0.232. The van der Waals surface area contributed by atoms with Crippen LogP contribution >= 0.6 is 0 Å². The topological polar surface area (TPSA) is 44.5 Å². The molecule has 0 saturated carbocycles. The number of ether oxygens (including phenoxy) is 2. The fraction of sp³-hybridized carbons (Fsp3) is 0.250. The third-order valence-electron chi connectivity index (χ3n) is 3.59. The van der Waals surface area contributed by atoms with Gasteiger partial charge in [-0.1, -0.05) is 0 Å². The highest BCUT2D eigenvalue weighted by Gasteiger charge is 2.26. The summed E-state index contributed by atoms with van der Waals surface area (Å²) in [6, 6.07) is 7.28. The van der Waals surface area contributed by atoms with Crippen LogP contribution in [0.2, 0.25) is 0 Å². The Labute approximate surface area is 121 Å². The molecular formula is C16H15F2NO2. The third kappa shape index (κ3) is 2.45. The normalized spacial score (nSPS) is 16.5. The smallest absolute Gasteiger partial charge is 0.165 e. The number of benzene rings is 2. The molecule has 0 bridgehead atoms. The van der Waals surface area contributed by atoms with Gasteiger partial charge in [-0.05, 0) is 35.9 Å². The Kier molecular flexibility index (Phi) is 3.51. The quantitative estimate of drug-likeness (QED) is 0.945. The zero-order valence-electron chi connectivity index (χ0n) is 11.5. The highest BCUT2D eigenvalue weighted by Crippen LogP contribution is 2.38. The van der Waals surface area contributed by atoms with Gasteiger partial charge in [-0.15, -0.1) is 0 Å². The summed E-state index contributed by atoms with van der Waals surface area (Å²) in [6.45, 7) is 0.326. The number of fused-ring (bicyclic) bond motifs is 1. The predicted molar refractivity (Wildman–Crippen MR) is 75.5 cm³/mol. The molecule has 1 aliphatic rings. The molecule has 3 rings (SSSR count). The molecule has 5 heteroatoms. The molecule has 0 radical (unpaired) electrons. The van der Waals surface area contributed by atoms with E-state index in [1.54, 1.807) is 6.07 Å². The van der Waals surface area contributed by atoms with Crippen molar-refractivity contribution in [1.29, 1.82) is 0 Å². The second-order valence-electron chi connectivity index (χ2n) is 4.97. The average Bonchev–Trinajstić information content (AvgIpc) is 2.91. The molecule has 2 aromatic carbocycles. The van der Waals surface area contributed by atoms with E-state index in [0.29, 0.717) is 29.8 Å². The second-order valence-corrected chi connectivity index (χ2v) is 4.97. The lowest BCUT2D eigenvalue weighted by atomic mass is 9.99. The Morgan fingerprint density at radius 3 is 2.81 bits per heavy atom. The van der Waals surface area contributed by atoms with E-state index in [1.807, 2.05) is 0 Å². The van der Waals surface area contributed by atoms with Crippen molar-refractivity contribution in [3.05, 3.63) is 47.5 Å². The standard InChI is InChI=1S/C16H15F2NO2/c1-20-15-3-2-11(17)7-13(15)9-4-10-5-12(8-19)21-16(10)14(18)6-9/h2-4,6-7,12H,5,8,19H2,1H3. The maximum atomic E-state index is 14.2. The van der Waals surface area contributed by atoms with Crippen molar-refractivity contribution in [3.8, 4) is 22.6 Å². The maximum absolute atomic E-state index is 14.2. The van der Waals surface area contributed by atoms with Crippen LogP contribution in [0, 0.1) is 11.6 Å². The van der Waals surface area contributed by atoms with Crippen LogP contribution in [0.5, 0.6) is 11.5 Å². The summed E-state index contributed by atoms with van der Waals surface area (Å²) < 4.78 is 38.3. The van der Waals surface area contributed by atoms with E-state index in [1.165, 1.54) is 31.4 Å². The molecule has 21 heavy (non-hydrogen) atoms. The van der Waals surface area contributed by atoms with Gasteiger partial charge in [0, 0.05) is 24.1 Å². The fourth-order valence-corrected chi connectivity index (χ4v) is 2.58. The highest BCUT2D eigenvalue weighted by molar-refractivity contribution is 5.72. The van der Waals surface area contributed by atoms with Crippen LogP contribution in [0.15, 0.2) is 30.3 Å². The van der Waals surface area contributed by atoms with Crippen LogP contribution in [0.1, 0.15) is 5.56 Å². The van der Waals surface area contributed by atoms with Gasteiger partial charge >= 0.3 is 0 Å². The minimum atomic E-state index is -0.468. The van der Waals surface area contributed by atoms with Gasteiger partial charge in [-0.2, -0.15) is 0 Å². The summed E-state index contributed by atoms with van der Waals surface area (Å²) in [7, 11) is 1.49. The molecule has 0 saturated heterocycles. The van der Waals surface area contributed by atoms with E-state index >= 15 is 0 Å². The van der Waals surface area contributed by atoms with Crippen LogP contribution in [0.25, 0.3) is 11.1 Å². The van der Waals surface area contributed by atoms with Crippen molar-refractivity contribution >= 4 is 0 Å². The molecule has 2 aromatic rings.